The number of ether oxygens (including phenoxy) is 3. The summed E-state index contributed by atoms with van der Waals surface area (Å²) < 4.78 is 43.5. The Bertz CT molecular complexity index is 482. The van der Waals surface area contributed by atoms with Gasteiger partial charge in [-0.15, -0.1) is 0 Å². The van der Waals surface area contributed by atoms with E-state index in [-0.39, 0.29) is 18.5 Å². The summed E-state index contributed by atoms with van der Waals surface area (Å²) in [6, 6.07) is 2.96. The fourth-order valence-corrected chi connectivity index (χ4v) is 2.37. The van der Waals surface area contributed by atoms with E-state index in [1.807, 2.05) is 0 Å². The molecule has 1 aromatic rings. The quantitative estimate of drug-likeness (QED) is 0.895. The summed E-state index contributed by atoms with van der Waals surface area (Å²) in [5.41, 5.74) is 0.398. The van der Waals surface area contributed by atoms with Crippen molar-refractivity contribution in [2.45, 2.75) is 19.0 Å². The SMILES string of the molecule is CC(F)(F)c1cc2c(cc1C1CNCCO1)OCO2. The lowest BCUT2D eigenvalue weighted by Crippen LogP contribution is -2.34. The normalized spacial score (nSPS) is 22.6. The maximum Gasteiger partial charge on any atom is 0.271 e. The molecule has 2 aliphatic heterocycles. The Labute approximate surface area is 109 Å². The minimum atomic E-state index is -2.95. The molecule has 0 spiro atoms. The summed E-state index contributed by atoms with van der Waals surface area (Å²) >= 11 is 0. The highest BCUT2D eigenvalue weighted by atomic mass is 19.3. The van der Waals surface area contributed by atoms with Crippen LogP contribution < -0.4 is 14.8 Å². The zero-order valence-electron chi connectivity index (χ0n) is 10.5. The molecule has 1 unspecified atom stereocenters. The van der Waals surface area contributed by atoms with E-state index in [1.165, 1.54) is 6.07 Å². The maximum absolute atomic E-state index is 13.8. The molecule has 2 aliphatic rings. The maximum atomic E-state index is 13.8. The van der Waals surface area contributed by atoms with Gasteiger partial charge < -0.3 is 19.5 Å². The van der Waals surface area contributed by atoms with E-state index < -0.39 is 5.92 Å². The molecule has 4 nitrogen and oxygen atoms in total. The molecule has 2 heterocycles. The van der Waals surface area contributed by atoms with E-state index >= 15 is 0 Å². The minimum absolute atomic E-state index is 0.0644. The highest BCUT2D eigenvalue weighted by Crippen LogP contribution is 2.43. The summed E-state index contributed by atoms with van der Waals surface area (Å²) in [5, 5.41) is 3.14. The van der Waals surface area contributed by atoms with Crippen LogP contribution in [-0.2, 0) is 10.7 Å². The van der Waals surface area contributed by atoms with Gasteiger partial charge in [-0.2, -0.15) is 0 Å². The molecule has 1 saturated heterocycles. The summed E-state index contributed by atoms with van der Waals surface area (Å²) in [7, 11) is 0. The highest BCUT2D eigenvalue weighted by Gasteiger charge is 2.34. The van der Waals surface area contributed by atoms with E-state index in [0.29, 0.717) is 30.2 Å². The van der Waals surface area contributed by atoms with Crippen molar-refractivity contribution in [2.75, 3.05) is 26.5 Å². The lowest BCUT2D eigenvalue weighted by Gasteiger charge is -2.27. The first kappa shape index (κ1) is 12.6. The Hall–Kier alpha value is -1.40. The molecule has 104 valence electrons. The van der Waals surface area contributed by atoms with Crippen molar-refractivity contribution in [1.82, 2.24) is 5.32 Å². The van der Waals surface area contributed by atoms with Crippen molar-refractivity contribution in [3.8, 4) is 11.5 Å². The van der Waals surface area contributed by atoms with Crippen LogP contribution in [0.3, 0.4) is 0 Å². The van der Waals surface area contributed by atoms with Crippen molar-refractivity contribution in [3.63, 3.8) is 0 Å². The largest absolute Gasteiger partial charge is 0.454 e. The predicted octanol–water partition coefficient (Wildman–Crippen LogP) is 2.19. The van der Waals surface area contributed by atoms with Crippen LogP contribution in [0.5, 0.6) is 11.5 Å². The molecule has 0 saturated carbocycles. The van der Waals surface area contributed by atoms with Gasteiger partial charge in [0.2, 0.25) is 6.79 Å². The molecular weight excluding hydrogens is 256 g/mol. The summed E-state index contributed by atoms with van der Waals surface area (Å²) in [5.74, 6) is -2.09. The molecule has 19 heavy (non-hydrogen) atoms. The third kappa shape index (κ3) is 2.37. The van der Waals surface area contributed by atoms with Crippen LogP contribution in [0.25, 0.3) is 0 Å². The van der Waals surface area contributed by atoms with Crippen LogP contribution in [0.4, 0.5) is 8.78 Å². The lowest BCUT2D eigenvalue weighted by atomic mass is 9.96. The van der Waals surface area contributed by atoms with Gasteiger partial charge in [0.25, 0.3) is 5.92 Å². The summed E-state index contributed by atoms with van der Waals surface area (Å²) in [4.78, 5) is 0. The van der Waals surface area contributed by atoms with Gasteiger partial charge in [0.15, 0.2) is 11.5 Å². The number of nitrogens with one attached hydrogen (secondary N) is 1. The molecule has 1 atom stereocenters. The van der Waals surface area contributed by atoms with Crippen molar-refractivity contribution in [3.05, 3.63) is 23.3 Å². The zero-order valence-corrected chi connectivity index (χ0v) is 10.5. The number of hydrogen-bond donors (Lipinski definition) is 1. The average molecular weight is 271 g/mol. The average Bonchev–Trinajstić information content (AvgIpc) is 2.84. The Balaban J connectivity index is 2.05. The number of halogens is 2. The molecule has 0 radical (unpaired) electrons. The molecular formula is C13H15F2NO3. The minimum Gasteiger partial charge on any atom is -0.454 e. The van der Waals surface area contributed by atoms with Gasteiger partial charge >= 0.3 is 0 Å². The number of alkyl halides is 2. The molecule has 0 amide bonds. The standard InChI is InChI=1S/C13H15F2NO3/c1-13(14,15)9-5-11-10(18-7-19-11)4-8(9)12-6-16-2-3-17-12/h4-5,12,16H,2-3,6-7H2,1H3. The molecule has 0 aliphatic carbocycles. The van der Waals surface area contributed by atoms with E-state index in [4.69, 9.17) is 14.2 Å². The van der Waals surface area contributed by atoms with Crippen molar-refractivity contribution >= 4 is 0 Å². The van der Waals surface area contributed by atoms with Crippen LogP contribution in [0, 0.1) is 0 Å². The molecule has 0 bridgehead atoms. The van der Waals surface area contributed by atoms with E-state index in [1.54, 1.807) is 6.07 Å². The van der Waals surface area contributed by atoms with Gasteiger partial charge in [0, 0.05) is 25.6 Å². The second-order valence-corrected chi connectivity index (χ2v) is 4.74. The molecule has 1 fully saturated rings. The first-order chi connectivity index (χ1) is 9.05. The lowest BCUT2D eigenvalue weighted by molar-refractivity contribution is 0.00115. The van der Waals surface area contributed by atoms with Gasteiger partial charge in [0.1, 0.15) is 0 Å². The van der Waals surface area contributed by atoms with Gasteiger partial charge in [-0.3, -0.25) is 0 Å². The third-order valence-corrected chi connectivity index (χ3v) is 3.29. The second-order valence-electron chi connectivity index (χ2n) is 4.74. The van der Waals surface area contributed by atoms with Gasteiger partial charge in [-0.25, -0.2) is 8.78 Å². The first-order valence-corrected chi connectivity index (χ1v) is 6.20. The van der Waals surface area contributed by atoms with Crippen molar-refractivity contribution in [2.24, 2.45) is 0 Å². The summed E-state index contributed by atoms with van der Waals surface area (Å²) in [6.07, 6.45) is -0.385. The van der Waals surface area contributed by atoms with E-state index in [2.05, 4.69) is 5.32 Å². The molecule has 6 heteroatoms. The number of rotatable bonds is 2. The fraction of sp³-hybridized carbons (Fsp3) is 0.538. The van der Waals surface area contributed by atoms with Crippen molar-refractivity contribution in [1.29, 1.82) is 0 Å². The van der Waals surface area contributed by atoms with Crippen LogP contribution in [0.15, 0.2) is 12.1 Å². The number of hydrogen-bond acceptors (Lipinski definition) is 4. The van der Waals surface area contributed by atoms with Crippen LogP contribution in [0.1, 0.15) is 24.2 Å². The van der Waals surface area contributed by atoms with E-state index in [0.717, 1.165) is 13.5 Å². The number of benzene rings is 1. The topological polar surface area (TPSA) is 39.7 Å². The van der Waals surface area contributed by atoms with E-state index in [9.17, 15) is 8.78 Å². The Morgan fingerprint density at radius 1 is 1.26 bits per heavy atom. The number of fused-ring (bicyclic) bond motifs is 1. The Kier molecular flexibility index (Phi) is 3.06. The number of morpholine rings is 1. The smallest absolute Gasteiger partial charge is 0.271 e. The predicted molar refractivity (Wildman–Crippen MR) is 63.7 cm³/mol. The first-order valence-electron chi connectivity index (χ1n) is 6.20. The van der Waals surface area contributed by atoms with Gasteiger partial charge in [-0.05, 0) is 17.7 Å². The van der Waals surface area contributed by atoms with Crippen LogP contribution >= 0.6 is 0 Å². The third-order valence-electron chi connectivity index (χ3n) is 3.29. The van der Waals surface area contributed by atoms with Crippen LogP contribution in [0.2, 0.25) is 0 Å². The van der Waals surface area contributed by atoms with Crippen LogP contribution in [-0.4, -0.2) is 26.5 Å². The zero-order chi connectivity index (χ0) is 13.5. The molecule has 1 N–H and O–H groups in total. The summed E-state index contributed by atoms with van der Waals surface area (Å²) in [6.45, 7) is 2.71. The Morgan fingerprint density at radius 2 is 2.00 bits per heavy atom. The van der Waals surface area contributed by atoms with Gasteiger partial charge in [-0.1, -0.05) is 0 Å². The molecule has 1 aromatic carbocycles. The highest BCUT2D eigenvalue weighted by molar-refractivity contribution is 5.50. The van der Waals surface area contributed by atoms with Gasteiger partial charge in [0.05, 0.1) is 12.7 Å². The fourth-order valence-electron chi connectivity index (χ4n) is 2.37. The second kappa shape index (κ2) is 4.61. The Morgan fingerprint density at radius 3 is 2.63 bits per heavy atom. The monoisotopic (exact) mass is 271 g/mol. The molecule has 3 rings (SSSR count). The van der Waals surface area contributed by atoms with Crippen molar-refractivity contribution < 1.29 is 23.0 Å². The molecule has 0 aromatic heterocycles.